The first-order valence-electron chi connectivity index (χ1n) is 11.5. The molecule has 0 aliphatic carbocycles. The highest BCUT2D eigenvalue weighted by Gasteiger charge is 2.23. The lowest BCUT2D eigenvalue weighted by Crippen LogP contribution is -2.44. The van der Waals surface area contributed by atoms with E-state index in [1.807, 2.05) is 37.3 Å². The number of benzene rings is 1. The molecule has 1 amide bonds. The normalized spacial score (nSPS) is 16.0. The highest BCUT2D eigenvalue weighted by molar-refractivity contribution is 6.04. The number of amides is 1. The van der Waals surface area contributed by atoms with Crippen LogP contribution in [0.2, 0.25) is 0 Å². The monoisotopic (exact) mass is 471 g/mol. The van der Waals surface area contributed by atoms with E-state index < -0.39 is 5.41 Å². The summed E-state index contributed by atoms with van der Waals surface area (Å²) in [5, 5.41) is 21.8. The van der Waals surface area contributed by atoms with E-state index in [0.29, 0.717) is 36.6 Å². The zero-order chi connectivity index (χ0) is 25.0. The van der Waals surface area contributed by atoms with E-state index in [1.165, 1.54) is 0 Å². The van der Waals surface area contributed by atoms with Gasteiger partial charge in [0, 0.05) is 36.7 Å². The molecule has 3 heterocycles. The summed E-state index contributed by atoms with van der Waals surface area (Å²) in [7, 11) is 0. The Labute approximate surface area is 205 Å². The van der Waals surface area contributed by atoms with Gasteiger partial charge in [-0.05, 0) is 73.9 Å². The van der Waals surface area contributed by atoms with Crippen LogP contribution in [0.25, 0.3) is 11.1 Å². The summed E-state index contributed by atoms with van der Waals surface area (Å²) in [6, 6.07) is 15.3. The second-order valence-electron chi connectivity index (χ2n) is 9.17. The summed E-state index contributed by atoms with van der Waals surface area (Å²) < 4.78 is 5.55. The third-order valence-electron chi connectivity index (χ3n) is 6.16. The number of hydrogen-bond acceptors (Lipinski definition) is 7. The van der Waals surface area contributed by atoms with E-state index in [-0.39, 0.29) is 18.6 Å². The van der Waals surface area contributed by atoms with Crippen molar-refractivity contribution in [3.8, 4) is 17.2 Å². The Hall–Kier alpha value is -3.80. The number of rotatable bonds is 6. The van der Waals surface area contributed by atoms with Crippen molar-refractivity contribution in [1.82, 2.24) is 9.97 Å². The number of nitrogens with zero attached hydrogens (tertiary/aromatic N) is 4. The van der Waals surface area contributed by atoms with Crippen molar-refractivity contribution in [3.05, 3.63) is 71.7 Å². The lowest BCUT2D eigenvalue weighted by molar-refractivity contribution is 0.00336. The quantitative estimate of drug-likeness (QED) is 0.564. The number of anilines is 2. The topological polar surface area (TPSA) is 111 Å². The van der Waals surface area contributed by atoms with Crippen molar-refractivity contribution >= 4 is 17.4 Å². The Kier molecular flexibility index (Phi) is 7.10. The van der Waals surface area contributed by atoms with Crippen molar-refractivity contribution < 1.29 is 14.6 Å². The van der Waals surface area contributed by atoms with E-state index in [4.69, 9.17) is 4.74 Å². The number of aromatic nitrogens is 2. The van der Waals surface area contributed by atoms with Crippen molar-refractivity contribution in [2.45, 2.75) is 32.3 Å². The molecular formula is C27H29N5O3. The highest BCUT2D eigenvalue weighted by Crippen LogP contribution is 2.29. The first kappa shape index (κ1) is 24.3. The van der Waals surface area contributed by atoms with Crippen LogP contribution in [-0.4, -0.2) is 53.4 Å². The fourth-order valence-corrected chi connectivity index (χ4v) is 3.98. The summed E-state index contributed by atoms with van der Waals surface area (Å²) in [5.41, 5.74) is 3.91. The van der Waals surface area contributed by atoms with Gasteiger partial charge in [-0.1, -0.05) is 6.07 Å². The molecule has 4 rings (SSSR count). The second-order valence-corrected chi connectivity index (χ2v) is 9.17. The molecule has 1 saturated heterocycles. The maximum absolute atomic E-state index is 13.0. The average Bonchev–Trinajstić information content (AvgIpc) is 2.90. The Morgan fingerprint density at radius 2 is 2.03 bits per heavy atom. The fourth-order valence-electron chi connectivity index (χ4n) is 3.98. The zero-order valence-corrected chi connectivity index (χ0v) is 20.2. The van der Waals surface area contributed by atoms with Gasteiger partial charge in [0.25, 0.3) is 5.91 Å². The van der Waals surface area contributed by atoms with Crippen LogP contribution >= 0.6 is 0 Å². The number of aryl methyl sites for hydroxylation is 1. The van der Waals surface area contributed by atoms with Gasteiger partial charge < -0.3 is 20.1 Å². The Bertz CT molecular complexity index is 1270. The summed E-state index contributed by atoms with van der Waals surface area (Å²) in [4.78, 5) is 23.9. The van der Waals surface area contributed by atoms with Crippen molar-refractivity contribution in [3.63, 3.8) is 0 Å². The van der Waals surface area contributed by atoms with E-state index in [2.05, 4.69) is 26.3 Å². The SMILES string of the molecule is Cc1ccc(NC(=O)c2ccnc(C(C)(C)C#N)c2)cc1-c1ccnc(N2CCOC(CO)C2)c1. The number of aliphatic hydroxyl groups is 1. The molecule has 8 nitrogen and oxygen atoms in total. The molecule has 1 aliphatic heterocycles. The van der Waals surface area contributed by atoms with Gasteiger partial charge in [-0.15, -0.1) is 0 Å². The molecule has 1 unspecified atom stereocenters. The predicted octanol–water partition coefficient (Wildman–Crippen LogP) is 3.70. The van der Waals surface area contributed by atoms with Crippen LogP contribution in [0.1, 0.15) is 35.5 Å². The molecule has 1 atom stereocenters. The molecule has 180 valence electrons. The highest BCUT2D eigenvalue weighted by atomic mass is 16.5. The van der Waals surface area contributed by atoms with E-state index in [0.717, 1.165) is 22.5 Å². The molecule has 0 spiro atoms. The van der Waals surface area contributed by atoms with Crippen LogP contribution in [0.3, 0.4) is 0 Å². The van der Waals surface area contributed by atoms with Crippen LogP contribution in [0.5, 0.6) is 0 Å². The standard InChI is InChI=1S/C27H29N5O3/c1-18-4-5-21(31-26(34)20-7-8-29-24(12-20)27(2,3)17-28)14-23(18)19-6-9-30-25(13-19)32-10-11-35-22(15-32)16-33/h4-9,12-14,22,33H,10-11,15-16H2,1-3H3,(H,31,34). The lowest BCUT2D eigenvalue weighted by Gasteiger charge is -2.33. The number of ether oxygens (including phenoxy) is 1. The average molecular weight is 472 g/mol. The van der Waals surface area contributed by atoms with E-state index in [9.17, 15) is 15.2 Å². The molecular weight excluding hydrogens is 442 g/mol. The minimum Gasteiger partial charge on any atom is -0.394 e. The Morgan fingerprint density at radius 3 is 2.80 bits per heavy atom. The van der Waals surface area contributed by atoms with Gasteiger partial charge in [0.1, 0.15) is 5.82 Å². The maximum Gasteiger partial charge on any atom is 0.255 e. The van der Waals surface area contributed by atoms with Crippen molar-refractivity contribution in [2.75, 3.05) is 36.5 Å². The van der Waals surface area contributed by atoms with Crippen molar-refractivity contribution in [2.24, 2.45) is 0 Å². The van der Waals surface area contributed by atoms with Gasteiger partial charge >= 0.3 is 0 Å². The molecule has 1 aliphatic rings. The Balaban J connectivity index is 1.57. The second kappa shape index (κ2) is 10.2. The summed E-state index contributed by atoms with van der Waals surface area (Å²) in [5.74, 6) is 0.554. The smallest absolute Gasteiger partial charge is 0.255 e. The molecule has 0 radical (unpaired) electrons. The molecule has 8 heteroatoms. The van der Waals surface area contributed by atoms with Gasteiger partial charge in [0.15, 0.2) is 0 Å². The summed E-state index contributed by atoms with van der Waals surface area (Å²) >= 11 is 0. The molecule has 3 aromatic rings. The molecule has 35 heavy (non-hydrogen) atoms. The number of hydrogen-bond donors (Lipinski definition) is 2. The van der Waals surface area contributed by atoms with Crippen LogP contribution in [0, 0.1) is 18.3 Å². The number of morpholine rings is 1. The van der Waals surface area contributed by atoms with Crippen LogP contribution in [0.4, 0.5) is 11.5 Å². The number of nitriles is 1. The van der Waals surface area contributed by atoms with Gasteiger partial charge in [0.05, 0.1) is 36.5 Å². The largest absolute Gasteiger partial charge is 0.394 e. The minimum absolute atomic E-state index is 0.0238. The van der Waals surface area contributed by atoms with E-state index in [1.54, 1.807) is 38.4 Å². The maximum atomic E-state index is 13.0. The van der Waals surface area contributed by atoms with Gasteiger partial charge in [0.2, 0.25) is 0 Å². The summed E-state index contributed by atoms with van der Waals surface area (Å²) in [6.45, 7) is 7.37. The fraction of sp³-hybridized carbons (Fsp3) is 0.333. The predicted molar refractivity (Wildman–Crippen MR) is 134 cm³/mol. The Morgan fingerprint density at radius 1 is 1.23 bits per heavy atom. The number of nitrogens with one attached hydrogen (secondary N) is 1. The lowest BCUT2D eigenvalue weighted by atomic mass is 9.90. The number of carbonyl (C=O) groups is 1. The number of carbonyl (C=O) groups excluding carboxylic acids is 1. The molecule has 0 saturated carbocycles. The van der Waals surface area contributed by atoms with E-state index >= 15 is 0 Å². The van der Waals surface area contributed by atoms with Gasteiger partial charge in [-0.25, -0.2) is 4.98 Å². The van der Waals surface area contributed by atoms with Gasteiger partial charge in [-0.2, -0.15) is 5.26 Å². The molecule has 0 bridgehead atoms. The van der Waals surface area contributed by atoms with Gasteiger partial charge in [-0.3, -0.25) is 9.78 Å². The number of pyridine rings is 2. The van der Waals surface area contributed by atoms with Crippen molar-refractivity contribution in [1.29, 1.82) is 5.26 Å². The molecule has 2 aromatic heterocycles. The summed E-state index contributed by atoms with van der Waals surface area (Å²) in [6.07, 6.45) is 3.10. The zero-order valence-electron chi connectivity index (χ0n) is 20.2. The number of aliphatic hydroxyl groups excluding tert-OH is 1. The molecule has 1 fully saturated rings. The molecule has 1 aromatic carbocycles. The first-order chi connectivity index (χ1) is 16.8. The van der Waals surface area contributed by atoms with Crippen LogP contribution < -0.4 is 10.2 Å². The first-order valence-corrected chi connectivity index (χ1v) is 11.5. The minimum atomic E-state index is -0.788. The molecule has 2 N–H and O–H groups in total. The third-order valence-corrected chi connectivity index (χ3v) is 6.16. The van der Waals surface area contributed by atoms with Crippen LogP contribution in [0.15, 0.2) is 54.9 Å². The van der Waals surface area contributed by atoms with Crippen LogP contribution in [-0.2, 0) is 10.2 Å². The third kappa shape index (κ3) is 5.48.